The number of aromatic nitrogens is 2. The molecule has 0 aliphatic rings. The van der Waals surface area contributed by atoms with E-state index in [1.807, 2.05) is 32.8 Å². The van der Waals surface area contributed by atoms with Crippen LogP contribution < -0.4 is 10.3 Å². The van der Waals surface area contributed by atoms with Crippen LogP contribution in [-0.4, -0.2) is 35.4 Å². The molecule has 23 heavy (non-hydrogen) atoms. The Hall–Kier alpha value is -2.34. The van der Waals surface area contributed by atoms with Crippen molar-refractivity contribution in [1.82, 2.24) is 9.97 Å². The van der Waals surface area contributed by atoms with Crippen LogP contribution in [0.5, 0.6) is 5.75 Å². The van der Waals surface area contributed by atoms with E-state index in [2.05, 4.69) is 20.5 Å². The molecule has 0 aliphatic carbocycles. The highest BCUT2D eigenvalue weighted by atomic mass is 35.5. The summed E-state index contributed by atoms with van der Waals surface area (Å²) in [5, 5.41) is 14.4. The molecule has 1 aromatic heterocycles. The maximum absolute atomic E-state index is 9.76. The number of hydrogen-bond acceptors (Lipinski definition) is 6. The van der Waals surface area contributed by atoms with Gasteiger partial charge in [0.15, 0.2) is 5.82 Å². The maximum Gasteiger partial charge on any atom is 0.152 e. The molecule has 0 bridgehead atoms. The van der Waals surface area contributed by atoms with Crippen LogP contribution in [0.1, 0.15) is 31.2 Å². The SMILES string of the molecule is CC(C)c1nc(NN=Cc2cc(Cl)ccc2O)cc(N(C)C)n1. The first-order valence-electron chi connectivity index (χ1n) is 7.20. The van der Waals surface area contributed by atoms with Crippen LogP contribution in [0.25, 0.3) is 0 Å². The van der Waals surface area contributed by atoms with Gasteiger partial charge in [-0.25, -0.2) is 9.97 Å². The van der Waals surface area contributed by atoms with Crippen LogP contribution in [0.3, 0.4) is 0 Å². The molecule has 0 aliphatic heterocycles. The van der Waals surface area contributed by atoms with Crippen molar-refractivity contribution in [3.05, 3.63) is 40.7 Å². The standard InChI is InChI=1S/C16H20ClN5O/c1-10(2)16-19-14(8-15(20-16)22(3)4)21-18-9-11-7-12(17)5-6-13(11)23/h5-10,23H,1-4H3,(H,19,20,21). The monoisotopic (exact) mass is 333 g/mol. The van der Waals surface area contributed by atoms with Gasteiger partial charge in [0.25, 0.3) is 0 Å². The molecule has 0 atom stereocenters. The largest absolute Gasteiger partial charge is 0.507 e. The van der Waals surface area contributed by atoms with Gasteiger partial charge in [0, 0.05) is 36.7 Å². The minimum Gasteiger partial charge on any atom is -0.507 e. The Bertz CT molecular complexity index is 689. The lowest BCUT2D eigenvalue weighted by molar-refractivity contribution is 0.474. The van der Waals surface area contributed by atoms with Gasteiger partial charge in [0.05, 0.1) is 6.21 Å². The molecule has 1 aromatic carbocycles. The molecule has 0 saturated carbocycles. The summed E-state index contributed by atoms with van der Waals surface area (Å²) in [7, 11) is 3.84. The zero-order valence-corrected chi connectivity index (χ0v) is 14.3. The number of rotatable bonds is 5. The Balaban J connectivity index is 2.22. The molecule has 0 radical (unpaired) electrons. The molecule has 0 unspecified atom stereocenters. The molecular weight excluding hydrogens is 314 g/mol. The smallest absolute Gasteiger partial charge is 0.152 e. The van der Waals surface area contributed by atoms with Gasteiger partial charge < -0.3 is 10.0 Å². The molecule has 6 nitrogen and oxygen atoms in total. The van der Waals surface area contributed by atoms with Crippen molar-refractivity contribution in [1.29, 1.82) is 0 Å². The number of anilines is 2. The molecule has 122 valence electrons. The molecule has 0 fully saturated rings. The van der Waals surface area contributed by atoms with Gasteiger partial charge in [-0.1, -0.05) is 25.4 Å². The second-order valence-electron chi connectivity index (χ2n) is 5.59. The third kappa shape index (κ3) is 4.56. The highest BCUT2D eigenvalue weighted by molar-refractivity contribution is 6.30. The predicted molar refractivity (Wildman–Crippen MR) is 94.8 cm³/mol. The van der Waals surface area contributed by atoms with Crippen LogP contribution in [0.15, 0.2) is 29.4 Å². The number of benzene rings is 1. The summed E-state index contributed by atoms with van der Waals surface area (Å²) in [4.78, 5) is 10.8. The lowest BCUT2D eigenvalue weighted by Gasteiger charge is -2.15. The van der Waals surface area contributed by atoms with Gasteiger partial charge in [-0.05, 0) is 18.2 Å². The average Bonchev–Trinajstić information content (AvgIpc) is 2.50. The molecule has 0 saturated heterocycles. The Labute approximate surface area is 140 Å². The number of phenolic OH excluding ortho intramolecular Hbond substituents is 1. The molecule has 0 spiro atoms. The lowest BCUT2D eigenvalue weighted by atomic mass is 10.2. The topological polar surface area (TPSA) is 73.6 Å². The minimum absolute atomic E-state index is 0.111. The molecule has 2 aromatic rings. The number of phenols is 1. The fraction of sp³-hybridized carbons (Fsp3) is 0.312. The Morgan fingerprint density at radius 2 is 2.00 bits per heavy atom. The van der Waals surface area contributed by atoms with E-state index in [4.69, 9.17) is 11.6 Å². The van der Waals surface area contributed by atoms with Crippen molar-refractivity contribution in [3.8, 4) is 5.75 Å². The van der Waals surface area contributed by atoms with Gasteiger partial charge in [-0.15, -0.1) is 0 Å². The van der Waals surface area contributed by atoms with Crippen LogP contribution >= 0.6 is 11.6 Å². The molecule has 0 amide bonds. The number of nitrogens with zero attached hydrogens (tertiary/aromatic N) is 4. The van der Waals surface area contributed by atoms with Gasteiger partial charge in [0.1, 0.15) is 17.4 Å². The predicted octanol–water partition coefficient (Wildman–Crippen LogP) is 3.47. The van der Waals surface area contributed by atoms with Crippen molar-refractivity contribution in [2.24, 2.45) is 5.10 Å². The van der Waals surface area contributed by atoms with E-state index in [-0.39, 0.29) is 11.7 Å². The number of halogens is 1. The van der Waals surface area contributed by atoms with E-state index < -0.39 is 0 Å². The summed E-state index contributed by atoms with van der Waals surface area (Å²) in [6.07, 6.45) is 1.49. The first-order chi connectivity index (χ1) is 10.9. The third-order valence-corrected chi connectivity index (χ3v) is 3.31. The van der Waals surface area contributed by atoms with Crippen molar-refractivity contribution < 1.29 is 5.11 Å². The molecule has 2 rings (SSSR count). The Kier molecular flexibility index (Phi) is 5.39. The van der Waals surface area contributed by atoms with E-state index in [1.54, 1.807) is 18.2 Å². The van der Waals surface area contributed by atoms with Crippen LogP contribution in [0, 0.1) is 0 Å². The van der Waals surface area contributed by atoms with E-state index in [0.29, 0.717) is 16.4 Å². The quantitative estimate of drug-likeness (QED) is 0.647. The van der Waals surface area contributed by atoms with Crippen LogP contribution in [-0.2, 0) is 0 Å². The van der Waals surface area contributed by atoms with Crippen molar-refractivity contribution in [3.63, 3.8) is 0 Å². The average molecular weight is 334 g/mol. The molecule has 1 heterocycles. The number of hydrogen-bond donors (Lipinski definition) is 2. The molecular formula is C16H20ClN5O. The zero-order chi connectivity index (χ0) is 17.0. The van der Waals surface area contributed by atoms with Gasteiger partial charge >= 0.3 is 0 Å². The normalized spacial score (nSPS) is 11.2. The highest BCUT2D eigenvalue weighted by Crippen LogP contribution is 2.21. The maximum atomic E-state index is 9.76. The summed E-state index contributed by atoms with van der Waals surface area (Å²) in [5.74, 6) is 2.44. The van der Waals surface area contributed by atoms with Gasteiger partial charge in [-0.3, -0.25) is 5.43 Å². The summed E-state index contributed by atoms with van der Waals surface area (Å²) in [5.41, 5.74) is 3.39. The van der Waals surface area contributed by atoms with Crippen molar-refractivity contribution >= 4 is 29.5 Å². The van der Waals surface area contributed by atoms with Crippen LogP contribution in [0.2, 0.25) is 5.02 Å². The first-order valence-corrected chi connectivity index (χ1v) is 7.58. The first kappa shape index (κ1) is 17.0. The minimum atomic E-state index is 0.111. The Morgan fingerprint density at radius 3 is 2.65 bits per heavy atom. The van der Waals surface area contributed by atoms with E-state index >= 15 is 0 Å². The fourth-order valence-electron chi connectivity index (χ4n) is 1.79. The van der Waals surface area contributed by atoms with Gasteiger partial charge in [0.2, 0.25) is 0 Å². The molecule has 7 heteroatoms. The zero-order valence-electron chi connectivity index (χ0n) is 13.6. The summed E-state index contributed by atoms with van der Waals surface area (Å²) in [6, 6.07) is 6.58. The molecule has 2 N–H and O–H groups in total. The van der Waals surface area contributed by atoms with Crippen molar-refractivity contribution in [2.75, 3.05) is 24.4 Å². The highest BCUT2D eigenvalue weighted by Gasteiger charge is 2.09. The van der Waals surface area contributed by atoms with Crippen molar-refractivity contribution in [2.45, 2.75) is 19.8 Å². The summed E-state index contributed by atoms with van der Waals surface area (Å²) < 4.78 is 0. The Morgan fingerprint density at radius 1 is 1.26 bits per heavy atom. The van der Waals surface area contributed by atoms with E-state index in [1.165, 1.54) is 12.3 Å². The number of hydrazone groups is 1. The number of nitrogens with one attached hydrogen (secondary N) is 1. The van der Waals surface area contributed by atoms with E-state index in [0.717, 1.165) is 11.6 Å². The summed E-state index contributed by atoms with van der Waals surface area (Å²) >= 11 is 5.90. The second-order valence-corrected chi connectivity index (χ2v) is 6.03. The second kappa shape index (κ2) is 7.28. The third-order valence-electron chi connectivity index (χ3n) is 3.08. The van der Waals surface area contributed by atoms with E-state index in [9.17, 15) is 5.11 Å². The number of aromatic hydroxyl groups is 1. The van der Waals surface area contributed by atoms with Crippen LogP contribution in [0.4, 0.5) is 11.6 Å². The summed E-state index contributed by atoms with van der Waals surface area (Å²) in [6.45, 7) is 4.07. The fourth-order valence-corrected chi connectivity index (χ4v) is 1.97. The lowest BCUT2D eigenvalue weighted by Crippen LogP contribution is -2.13. The van der Waals surface area contributed by atoms with Gasteiger partial charge in [-0.2, -0.15) is 5.10 Å².